The topological polar surface area (TPSA) is 69.2 Å². The largest absolute Gasteiger partial charge is 1.00 e. The number of amides is 1. The number of nitrogens with one attached hydrogen (secondary N) is 1. The van der Waals surface area contributed by atoms with Crippen molar-refractivity contribution in [2.45, 2.75) is 6.04 Å². The number of hydrogen-bond donors (Lipinski definition) is 2. The van der Waals surface area contributed by atoms with Crippen molar-refractivity contribution in [3.63, 3.8) is 0 Å². The third kappa shape index (κ3) is 6.14. The molecule has 0 heterocycles. The first-order valence-electron chi connectivity index (χ1n) is 2.79. The molecule has 0 aromatic rings. The predicted molar refractivity (Wildman–Crippen MR) is 41.5 cm³/mol. The van der Waals surface area contributed by atoms with Crippen LogP contribution in [0.25, 0.3) is 0 Å². The minimum atomic E-state index is -1.36. The Morgan fingerprint density at radius 2 is 2.08 bits per heavy atom. The molecule has 1 atom stereocenters. The van der Waals surface area contributed by atoms with Crippen LogP contribution in [-0.4, -0.2) is 29.6 Å². The summed E-state index contributed by atoms with van der Waals surface area (Å²) in [6.07, 6.45) is 0. The van der Waals surface area contributed by atoms with E-state index in [2.05, 4.69) is 17.9 Å². The zero-order valence-electron chi connectivity index (χ0n) is 6.54. The Balaban J connectivity index is 0. The number of alkyl halides is 1. The number of hydrogen-bond acceptors (Lipinski definition) is 4. The Bertz CT molecular complexity index is 169. The van der Waals surface area contributed by atoms with E-state index in [4.69, 9.17) is 11.6 Å². The normalized spacial score (nSPS) is 11.2. The van der Waals surface area contributed by atoms with E-state index < -0.39 is 17.9 Å². The van der Waals surface area contributed by atoms with Crippen LogP contribution in [0.3, 0.4) is 0 Å². The fourth-order valence-electron chi connectivity index (χ4n) is 0.412. The maximum atomic E-state index is 10.5. The van der Waals surface area contributed by atoms with E-state index in [0.717, 1.165) is 0 Å². The standard InChI is InChI=1S/C5H8ClNO3S.Na/c6-1-4(8)7-3(2-11)5(9)10;/h3,11H,1-2H2,(H,7,8)(H,9,10);/q;+1/p-1. The van der Waals surface area contributed by atoms with Crippen LogP contribution in [0, 0.1) is 0 Å². The summed E-state index contributed by atoms with van der Waals surface area (Å²) >= 11 is 8.80. The van der Waals surface area contributed by atoms with Crippen LogP contribution in [0.1, 0.15) is 0 Å². The summed E-state index contributed by atoms with van der Waals surface area (Å²) in [4.78, 5) is 20.7. The van der Waals surface area contributed by atoms with E-state index in [1.54, 1.807) is 0 Å². The van der Waals surface area contributed by atoms with Crippen molar-refractivity contribution < 1.29 is 44.3 Å². The molecule has 7 heteroatoms. The Morgan fingerprint density at radius 1 is 1.58 bits per heavy atom. The molecule has 64 valence electrons. The van der Waals surface area contributed by atoms with Gasteiger partial charge in [0.1, 0.15) is 5.88 Å². The van der Waals surface area contributed by atoms with E-state index in [-0.39, 0.29) is 41.2 Å². The molecule has 0 spiro atoms. The first-order valence-corrected chi connectivity index (χ1v) is 3.95. The molecule has 1 amide bonds. The number of carbonyl (C=O) groups is 2. The van der Waals surface area contributed by atoms with Crippen molar-refractivity contribution >= 4 is 36.1 Å². The number of rotatable bonds is 4. The zero-order valence-corrected chi connectivity index (χ0v) is 10.2. The van der Waals surface area contributed by atoms with Crippen molar-refractivity contribution in [3.05, 3.63) is 0 Å². The quantitative estimate of drug-likeness (QED) is 0.284. The van der Waals surface area contributed by atoms with E-state index in [1.807, 2.05) is 0 Å². The first-order chi connectivity index (χ1) is 5.11. The zero-order chi connectivity index (χ0) is 8.85. The van der Waals surface area contributed by atoms with Crippen molar-refractivity contribution in [2.75, 3.05) is 11.6 Å². The van der Waals surface area contributed by atoms with Gasteiger partial charge in [-0.15, -0.1) is 11.6 Å². The Morgan fingerprint density at radius 3 is 2.33 bits per heavy atom. The fraction of sp³-hybridized carbons (Fsp3) is 0.600. The van der Waals surface area contributed by atoms with Crippen LogP contribution in [0.5, 0.6) is 0 Å². The van der Waals surface area contributed by atoms with Gasteiger partial charge in [0.05, 0.1) is 12.0 Å². The van der Waals surface area contributed by atoms with Crippen molar-refractivity contribution in [3.8, 4) is 0 Å². The molecule has 1 N–H and O–H groups in total. The molecule has 0 aliphatic rings. The van der Waals surface area contributed by atoms with E-state index in [0.29, 0.717) is 0 Å². The van der Waals surface area contributed by atoms with Gasteiger partial charge >= 0.3 is 29.6 Å². The molecule has 1 unspecified atom stereocenters. The fourth-order valence-corrected chi connectivity index (χ4v) is 0.730. The van der Waals surface area contributed by atoms with E-state index in [1.165, 1.54) is 0 Å². The summed E-state index contributed by atoms with van der Waals surface area (Å²) < 4.78 is 0. The van der Waals surface area contributed by atoms with Crippen molar-refractivity contribution in [1.29, 1.82) is 0 Å². The Kier molecular flexibility index (Phi) is 10.3. The summed E-state index contributed by atoms with van der Waals surface area (Å²) in [5.74, 6) is -2.18. The Hall–Kier alpha value is 0.580. The molecular weight excluding hydrogens is 213 g/mol. The van der Waals surface area contributed by atoms with Crippen LogP contribution in [0.4, 0.5) is 0 Å². The first kappa shape index (κ1) is 15.1. The van der Waals surface area contributed by atoms with E-state index in [9.17, 15) is 14.7 Å². The molecule has 0 radical (unpaired) electrons. The van der Waals surface area contributed by atoms with Crippen LogP contribution < -0.4 is 40.0 Å². The second kappa shape index (κ2) is 8.19. The van der Waals surface area contributed by atoms with Crippen LogP contribution in [0.15, 0.2) is 0 Å². The SMILES string of the molecule is O=C(CCl)NC(CS)C(=O)[O-].[Na+]. The molecule has 0 saturated heterocycles. The molecule has 0 aliphatic carbocycles. The average molecular weight is 220 g/mol. The van der Waals surface area contributed by atoms with Crippen molar-refractivity contribution in [1.82, 2.24) is 5.32 Å². The summed E-state index contributed by atoms with van der Waals surface area (Å²) in [5, 5.41) is 12.3. The van der Waals surface area contributed by atoms with Gasteiger partial charge in [-0.3, -0.25) is 4.79 Å². The summed E-state index contributed by atoms with van der Waals surface area (Å²) in [5.41, 5.74) is 0. The molecule has 0 aromatic heterocycles. The van der Waals surface area contributed by atoms with Gasteiger partial charge in [0, 0.05) is 5.75 Å². The van der Waals surface area contributed by atoms with Crippen LogP contribution >= 0.6 is 24.2 Å². The average Bonchev–Trinajstić information content (AvgIpc) is 1.99. The maximum absolute atomic E-state index is 10.5. The summed E-state index contributed by atoms with van der Waals surface area (Å²) in [6.45, 7) is 0. The van der Waals surface area contributed by atoms with Crippen LogP contribution in [0.2, 0.25) is 0 Å². The summed E-state index contributed by atoms with van der Waals surface area (Å²) in [7, 11) is 0. The molecule has 0 bridgehead atoms. The number of aliphatic carboxylic acids is 1. The number of halogens is 1. The monoisotopic (exact) mass is 219 g/mol. The van der Waals surface area contributed by atoms with Gasteiger partial charge in [0.15, 0.2) is 0 Å². The molecule has 0 rings (SSSR count). The predicted octanol–water partition coefficient (Wildman–Crippen LogP) is -4.61. The molecule has 0 aliphatic heterocycles. The Labute approximate surface area is 103 Å². The second-order valence-electron chi connectivity index (χ2n) is 1.76. The smallest absolute Gasteiger partial charge is 0.548 e. The third-order valence-electron chi connectivity index (χ3n) is 0.924. The molecule has 0 fully saturated rings. The van der Waals surface area contributed by atoms with Gasteiger partial charge in [-0.05, 0) is 0 Å². The minimum Gasteiger partial charge on any atom is -0.548 e. The molecule has 0 saturated carbocycles. The number of thiol groups is 1. The molecule has 0 aromatic carbocycles. The number of carboxylic acids is 1. The van der Waals surface area contributed by atoms with Gasteiger partial charge in [0.25, 0.3) is 0 Å². The van der Waals surface area contributed by atoms with Gasteiger partial charge < -0.3 is 15.2 Å². The molecular formula is C5H7ClNNaO3S. The number of carbonyl (C=O) groups excluding carboxylic acids is 2. The van der Waals surface area contributed by atoms with E-state index >= 15 is 0 Å². The second-order valence-corrected chi connectivity index (χ2v) is 2.39. The van der Waals surface area contributed by atoms with Gasteiger partial charge in [-0.1, -0.05) is 0 Å². The van der Waals surface area contributed by atoms with Gasteiger partial charge in [-0.2, -0.15) is 12.6 Å². The molecule has 12 heavy (non-hydrogen) atoms. The van der Waals surface area contributed by atoms with Crippen LogP contribution in [-0.2, 0) is 9.59 Å². The van der Waals surface area contributed by atoms with Gasteiger partial charge in [0.2, 0.25) is 5.91 Å². The van der Waals surface area contributed by atoms with Gasteiger partial charge in [-0.25, -0.2) is 0 Å². The number of carboxylic acid groups (broad SMARTS) is 1. The maximum Gasteiger partial charge on any atom is 1.00 e. The third-order valence-corrected chi connectivity index (χ3v) is 1.53. The summed E-state index contributed by atoms with van der Waals surface area (Å²) in [6, 6.07) is -1.07. The minimum absolute atomic E-state index is 0. The molecule has 4 nitrogen and oxygen atoms in total. The van der Waals surface area contributed by atoms with Crippen molar-refractivity contribution in [2.24, 2.45) is 0 Å².